The number of nitrogens with one attached hydrogen (secondary N) is 1. The summed E-state index contributed by atoms with van der Waals surface area (Å²) in [4.78, 5) is 27.7. The standard InChI is InChI=1S/C26H35Cl2N3O4S/c1-6-19(3)29-26(33)20(4)30(17-21-11-12-22(27)16-24(21)28)25(32)8-7-15-31(36(5,34)35)23-13-9-18(2)10-14-23/h9-14,16,19-20H,6-8,15,17H2,1-5H3,(H,29,33). The van der Waals surface area contributed by atoms with E-state index in [0.29, 0.717) is 21.3 Å². The van der Waals surface area contributed by atoms with Crippen LogP contribution in [0, 0.1) is 6.92 Å². The molecule has 0 saturated carbocycles. The van der Waals surface area contributed by atoms with Crippen LogP contribution in [0.5, 0.6) is 0 Å². The summed E-state index contributed by atoms with van der Waals surface area (Å²) in [5.74, 6) is -0.537. The summed E-state index contributed by atoms with van der Waals surface area (Å²) in [6.45, 7) is 7.72. The maximum atomic E-state index is 13.3. The normalized spacial score (nSPS) is 13.1. The summed E-state index contributed by atoms with van der Waals surface area (Å²) >= 11 is 12.4. The summed E-state index contributed by atoms with van der Waals surface area (Å²) in [6.07, 6.45) is 2.24. The first kappa shape index (κ1) is 29.9. The first-order chi connectivity index (χ1) is 16.8. The lowest BCUT2D eigenvalue weighted by Crippen LogP contribution is -2.49. The fourth-order valence-electron chi connectivity index (χ4n) is 3.60. The minimum Gasteiger partial charge on any atom is -0.352 e. The highest BCUT2D eigenvalue weighted by atomic mass is 35.5. The second-order valence-electron chi connectivity index (χ2n) is 9.03. The molecule has 0 radical (unpaired) electrons. The van der Waals surface area contributed by atoms with Crippen LogP contribution in [0.4, 0.5) is 5.69 Å². The lowest BCUT2D eigenvalue weighted by Gasteiger charge is -2.30. The molecule has 0 fully saturated rings. The van der Waals surface area contributed by atoms with E-state index in [2.05, 4.69) is 5.32 Å². The summed E-state index contributed by atoms with van der Waals surface area (Å²) in [7, 11) is -3.54. The van der Waals surface area contributed by atoms with Gasteiger partial charge in [0.2, 0.25) is 21.8 Å². The van der Waals surface area contributed by atoms with Crippen LogP contribution in [0.25, 0.3) is 0 Å². The van der Waals surface area contributed by atoms with Crippen LogP contribution in [0.15, 0.2) is 42.5 Å². The number of hydrogen-bond acceptors (Lipinski definition) is 4. The molecule has 2 aromatic carbocycles. The van der Waals surface area contributed by atoms with Gasteiger partial charge in [0.15, 0.2) is 0 Å². The van der Waals surface area contributed by atoms with E-state index in [9.17, 15) is 18.0 Å². The molecule has 2 rings (SSSR count). The van der Waals surface area contributed by atoms with Crippen molar-refractivity contribution in [3.8, 4) is 0 Å². The van der Waals surface area contributed by atoms with Gasteiger partial charge in [-0.05, 0) is 63.4 Å². The number of nitrogens with zero attached hydrogens (tertiary/aromatic N) is 2. The molecule has 10 heteroatoms. The van der Waals surface area contributed by atoms with Crippen molar-refractivity contribution in [2.75, 3.05) is 17.1 Å². The summed E-state index contributed by atoms with van der Waals surface area (Å²) < 4.78 is 26.1. The molecular formula is C26H35Cl2N3O4S. The van der Waals surface area contributed by atoms with Crippen molar-refractivity contribution in [1.29, 1.82) is 0 Å². The number of anilines is 1. The van der Waals surface area contributed by atoms with Gasteiger partial charge in [0.1, 0.15) is 6.04 Å². The zero-order valence-electron chi connectivity index (χ0n) is 21.4. The van der Waals surface area contributed by atoms with Crippen molar-refractivity contribution in [2.45, 2.75) is 65.6 Å². The van der Waals surface area contributed by atoms with Gasteiger partial charge in [-0.15, -0.1) is 0 Å². The Morgan fingerprint density at radius 3 is 2.25 bits per heavy atom. The summed E-state index contributed by atoms with van der Waals surface area (Å²) in [6, 6.07) is 11.4. The number of hydrogen-bond donors (Lipinski definition) is 1. The number of amides is 2. The van der Waals surface area contributed by atoms with Crippen molar-refractivity contribution in [3.63, 3.8) is 0 Å². The number of carbonyl (C=O) groups is 2. The molecule has 0 spiro atoms. The zero-order chi connectivity index (χ0) is 27.0. The molecule has 0 heterocycles. The van der Waals surface area contributed by atoms with Gasteiger partial charge in [-0.25, -0.2) is 8.42 Å². The first-order valence-corrected chi connectivity index (χ1v) is 14.5. The van der Waals surface area contributed by atoms with E-state index in [1.807, 2.05) is 32.9 Å². The Bertz CT molecular complexity index is 1160. The predicted octanol–water partition coefficient (Wildman–Crippen LogP) is 5.18. The van der Waals surface area contributed by atoms with Crippen LogP contribution in [0.1, 0.15) is 51.2 Å². The maximum Gasteiger partial charge on any atom is 0.242 e. The molecular weight excluding hydrogens is 521 g/mol. The van der Waals surface area contributed by atoms with Crippen LogP contribution >= 0.6 is 23.2 Å². The molecule has 7 nitrogen and oxygen atoms in total. The minimum absolute atomic E-state index is 0.0335. The SMILES string of the molecule is CCC(C)NC(=O)C(C)N(Cc1ccc(Cl)cc1Cl)C(=O)CCCN(c1ccc(C)cc1)S(C)(=O)=O. The minimum atomic E-state index is -3.54. The maximum absolute atomic E-state index is 13.3. The number of benzene rings is 2. The van der Waals surface area contributed by atoms with Gasteiger partial charge >= 0.3 is 0 Å². The molecule has 0 aliphatic heterocycles. The smallest absolute Gasteiger partial charge is 0.242 e. The number of halogens is 2. The lowest BCUT2D eigenvalue weighted by atomic mass is 10.1. The van der Waals surface area contributed by atoms with Crippen molar-refractivity contribution < 1.29 is 18.0 Å². The Hall–Kier alpha value is -2.29. The van der Waals surface area contributed by atoms with E-state index < -0.39 is 16.1 Å². The van der Waals surface area contributed by atoms with E-state index in [-0.39, 0.29) is 43.8 Å². The number of carbonyl (C=O) groups excluding carboxylic acids is 2. The van der Waals surface area contributed by atoms with E-state index >= 15 is 0 Å². The molecule has 0 aromatic heterocycles. The summed E-state index contributed by atoms with van der Waals surface area (Å²) in [5, 5.41) is 3.79. The third-order valence-corrected chi connectivity index (χ3v) is 7.78. The molecule has 198 valence electrons. The number of sulfonamides is 1. The van der Waals surface area contributed by atoms with Crippen LogP contribution in [0.3, 0.4) is 0 Å². The van der Waals surface area contributed by atoms with E-state index in [0.717, 1.165) is 18.2 Å². The van der Waals surface area contributed by atoms with Crippen LogP contribution in [0.2, 0.25) is 10.0 Å². The van der Waals surface area contributed by atoms with Gasteiger partial charge in [0.25, 0.3) is 0 Å². The largest absolute Gasteiger partial charge is 0.352 e. The second kappa shape index (κ2) is 13.3. The van der Waals surface area contributed by atoms with Gasteiger partial charge < -0.3 is 10.2 Å². The first-order valence-electron chi connectivity index (χ1n) is 11.9. The van der Waals surface area contributed by atoms with Gasteiger partial charge in [0, 0.05) is 35.6 Å². The second-order valence-corrected chi connectivity index (χ2v) is 11.8. The molecule has 0 aliphatic carbocycles. The van der Waals surface area contributed by atoms with Crippen LogP contribution in [-0.2, 0) is 26.2 Å². The monoisotopic (exact) mass is 555 g/mol. The zero-order valence-corrected chi connectivity index (χ0v) is 23.8. The fourth-order valence-corrected chi connectivity index (χ4v) is 5.03. The van der Waals surface area contributed by atoms with Gasteiger partial charge in [-0.3, -0.25) is 13.9 Å². The molecule has 0 bridgehead atoms. The average Bonchev–Trinajstić information content (AvgIpc) is 2.80. The highest BCUT2D eigenvalue weighted by Crippen LogP contribution is 2.24. The quantitative estimate of drug-likeness (QED) is 0.391. The number of aryl methyl sites for hydroxylation is 1. The van der Waals surface area contributed by atoms with Crippen molar-refractivity contribution in [2.24, 2.45) is 0 Å². The average molecular weight is 557 g/mol. The summed E-state index contributed by atoms with van der Waals surface area (Å²) in [5.41, 5.74) is 2.22. The van der Waals surface area contributed by atoms with E-state index in [1.54, 1.807) is 37.3 Å². The molecule has 1 N–H and O–H groups in total. The van der Waals surface area contributed by atoms with Crippen LogP contribution in [-0.4, -0.2) is 50.0 Å². The van der Waals surface area contributed by atoms with Gasteiger partial charge in [0.05, 0.1) is 11.9 Å². The highest BCUT2D eigenvalue weighted by Gasteiger charge is 2.27. The predicted molar refractivity (Wildman–Crippen MR) is 147 cm³/mol. The Balaban J connectivity index is 2.20. The van der Waals surface area contributed by atoms with Gasteiger partial charge in [-0.1, -0.05) is 53.9 Å². The molecule has 2 amide bonds. The Morgan fingerprint density at radius 1 is 1.06 bits per heavy atom. The van der Waals surface area contributed by atoms with E-state index in [1.165, 1.54) is 9.21 Å². The molecule has 0 aliphatic rings. The molecule has 2 aromatic rings. The highest BCUT2D eigenvalue weighted by molar-refractivity contribution is 7.92. The van der Waals surface area contributed by atoms with Crippen LogP contribution < -0.4 is 9.62 Å². The van der Waals surface area contributed by atoms with E-state index in [4.69, 9.17) is 23.2 Å². The molecule has 2 atom stereocenters. The van der Waals surface area contributed by atoms with Crippen molar-refractivity contribution in [3.05, 3.63) is 63.6 Å². The fraction of sp³-hybridized carbons (Fsp3) is 0.462. The Morgan fingerprint density at radius 2 is 1.69 bits per heavy atom. The third-order valence-electron chi connectivity index (χ3n) is 6.00. The van der Waals surface area contributed by atoms with Crippen molar-refractivity contribution in [1.82, 2.24) is 10.2 Å². The molecule has 36 heavy (non-hydrogen) atoms. The molecule has 0 saturated heterocycles. The Labute approximate surface area is 224 Å². The molecule has 2 unspecified atom stereocenters. The third kappa shape index (κ3) is 8.68. The lowest BCUT2D eigenvalue weighted by molar-refractivity contribution is -0.140. The van der Waals surface area contributed by atoms with Gasteiger partial charge in [-0.2, -0.15) is 0 Å². The topological polar surface area (TPSA) is 86.8 Å². The Kier molecular flexibility index (Phi) is 11.1. The van der Waals surface area contributed by atoms with Crippen molar-refractivity contribution >= 4 is 50.7 Å². The number of rotatable bonds is 12.